The Balaban J connectivity index is 0.000000282. The van der Waals surface area contributed by atoms with Crippen LogP contribution in [0.3, 0.4) is 0 Å². The van der Waals surface area contributed by atoms with E-state index in [0.29, 0.717) is 0 Å². The van der Waals surface area contributed by atoms with Crippen molar-refractivity contribution in [1.82, 2.24) is 15.5 Å². The van der Waals surface area contributed by atoms with Crippen LogP contribution in [0.1, 0.15) is 12.1 Å². The normalized spacial score (nSPS) is 15.3. The SMILES string of the molecule is Brc1cccc2[nH]nc(C3=CCNCC3)c12.O=P(O)(O)O. The lowest BCUT2D eigenvalue weighted by Gasteiger charge is -2.12. The Hall–Kier alpha value is -1.02. The van der Waals surface area contributed by atoms with E-state index in [1.54, 1.807) is 0 Å². The van der Waals surface area contributed by atoms with Crippen LogP contribution in [0.4, 0.5) is 0 Å². The van der Waals surface area contributed by atoms with Gasteiger partial charge in [-0.3, -0.25) is 5.10 Å². The van der Waals surface area contributed by atoms with E-state index in [2.05, 4.69) is 49.7 Å². The summed E-state index contributed by atoms with van der Waals surface area (Å²) >= 11 is 3.59. The maximum absolute atomic E-state index is 8.88. The lowest BCUT2D eigenvalue weighted by molar-refractivity contribution is 0.275. The predicted molar refractivity (Wildman–Crippen MR) is 83.5 cm³/mol. The highest BCUT2D eigenvalue weighted by Crippen LogP contribution is 2.31. The Morgan fingerprint density at radius 3 is 2.62 bits per heavy atom. The molecule has 5 N–H and O–H groups in total. The zero-order chi connectivity index (χ0) is 15.5. The lowest BCUT2D eigenvalue weighted by Crippen LogP contribution is -2.20. The van der Waals surface area contributed by atoms with Crippen LogP contribution in [0.2, 0.25) is 0 Å². The van der Waals surface area contributed by atoms with Crippen molar-refractivity contribution in [3.63, 3.8) is 0 Å². The molecular weight excluding hydrogens is 361 g/mol. The van der Waals surface area contributed by atoms with Crippen molar-refractivity contribution in [2.75, 3.05) is 13.1 Å². The van der Waals surface area contributed by atoms with E-state index < -0.39 is 7.82 Å². The number of hydrogen-bond donors (Lipinski definition) is 5. The Morgan fingerprint density at radius 1 is 1.29 bits per heavy atom. The molecule has 0 atom stereocenters. The molecule has 0 amide bonds. The van der Waals surface area contributed by atoms with Gasteiger partial charge >= 0.3 is 7.82 Å². The third-order valence-corrected chi connectivity index (χ3v) is 3.57. The van der Waals surface area contributed by atoms with E-state index in [4.69, 9.17) is 19.2 Å². The third kappa shape index (κ3) is 4.74. The molecule has 0 bridgehead atoms. The molecule has 0 unspecified atom stereocenters. The maximum atomic E-state index is 8.88. The van der Waals surface area contributed by atoms with Crippen molar-refractivity contribution in [3.05, 3.63) is 34.4 Å². The molecule has 0 saturated heterocycles. The molecule has 1 aromatic heterocycles. The molecule has 1 aromatic carbocycles. The molecule has 0 aliphatic carbocycles. The second kappa shape index (κ2) is 6.83. The molecule has 0 radical (unpaired) electrons. The largest absolute Gasteiger partial charge is 0.466 e. The summed E-state index contributed by atoms with van der Waals surface area (Å²) in [5.74, 6) is 0. The van der Waals surface area contributed by atoms with Gasteiger partial charge in [-0.15, -0.1) is 0 Å². The summed E-state index contributed by atoms with van der Waals surface area (Å²) in [6.07, 6.45) is 3.26. The Kier molecular flexibility index (Phi) is 5.32. The van der Waals surface area contributed by atoms with Gasteiger partial charge in [0, 0.05) is 16.4 Å². The molecular formula is C12H15BrN3O4P. The summed E-state index contributed by atoms with van der Waals surface area (Å²) in [5.41, 5.74) is 3.50. The van der Waals surface area contributed by atoms with E-state index >= 15 is 0 Å². The van der Waals surface area contributed by atoms with Crippen molar-refractivity contribution < 1.29 is 19.2 Å². The van der Waals surface area contributed by atoms with Crippen LogP contribution in [0.15, 0.2) is 28.7 Å². The minimum Gasteiger partial charge on any atom is -0.313 e. The molecule has 0 fully saturated rings. The Labute approximate surface area is 129 Å². The van der Waals surface area contributed by atoms with Crippen LogP contribution in [-0.2, 0) is 4.57 Å². The summed E-state index contributed by atoms with van der Waals surface area (Å²) in [7, 11) is -4.64. The summed E-state index contributed by atoms with van der Waals surface area (Å²) in [6.45, 7) is 1.97. The molecule has 2 heterocycles. The van der Waals surface area contributed by atoms with Crippen molar-refractivity contribution in [2.24, 2.45) is 0 Å². The van der Waals surface area contributed by atoms with Crippen molar-refractivity contribution in [2.45, 2.75) is 6.42 Å². The van der Waals surface area contributed by atoms with Gasteiger partial charge in [-0.1, -0.05) is 28.1 Å². The average Bonchev–Trinajstić information content (AvgIpc) is 2.83. The molecule has 9 heteroatoms. The van der Waals surface area contributed by atoms with Gasteiger partial charge in [0.2, 0.25) is 0 Å². The van der Waals surface area contributed by atoms with Gasteiger partial charge < -0.3 is 20.0 Å². The maximum Gasteiger partial charge on any atom is 0.466 e. The average molecular weight is 376 g/mol. The van der Waals surface area contributed by atoms with Crippen LogP contribution in [-0.4, -0.2) is 38.0 Å². The summed E-state index contributed by atoms with van der Waals surface area (Å²) in [4.78, 5) is 21.6. The van der Waals surface area contributed by atoms with Crippen LogP contribution < -0.4 is 5.32 Å². The molecule has 0 saturated carbocycles. The molecule has 1 aliphatic rings. The van der Waals surface area contributed by atoms with E-state index in [-0.39, 0.29) is 0 Å². The second-order valence-electron chi connectivity index (χ2n) is 4.43. The zero-order valence-corrected chi connectivity index (χ0v) is 13.4. The van der Waals surface area contributed by atoms with Crippen LogP contribution in [0.5, 0.6) is 0 Å². The number of H-pyrrole nitrogens is 1. The Bertz CT molecular complexity index is 701. The topological polar surface area (TPSA) is 118 Å². The smallest absolute Gasteiger partial charge is 0.313 e. The minimum absolute atomic E-state index is 0.939. The number of rotatable bonds is 1. The number of phosphoric acid groups is 1. The van der Waals surface area contributed by atoms with Crippen LogP contribution >= 0.6 is 23.8 Å². The molecule has 2 aromatic rings. The second-order valence-corrected chi connectivity index (χ2v) is 6.31. The van der Waals surface area contributed by atoms with Gasteiger partial charge in [-0.2, -0.15) is 5.10 Å². The monoisotopic (exact) mass is 375 g/mol. The number of hydrogen-bond acceptors (Lipinski definition) is 3. The van der Waals surface area contributed by atoms with E-state index in [9.17, 15) is 0 Å². The zero-order valence-electron chi connectivity index (χ0n) is 11.0. The van der Waals surface area contributed by atoms with Gasteiger partial charge in [-0.25, -0.2) is 4.57 Å². The number of fused-ring (bicyclic) bond motifs is 1. The first-order chi connectivity index (χ1) is 9.86. The number of nitrogens with zero attached hydrogens (tertiary/aromatic N) is 1. The molecule has 3 rings (SSSR count). The first-order valence-electron chi connectivity index (χ1n) is 6.17. The molecule has 1 aliphatic heterocycles. The highest BCUT2D eigenvalue weighted by atomic mass is 79.9. The van der Waals surface area contributed by atoms with Gasteiger partial charge in [0.1, 0.15) is 0 Å². The summed E-state index contributed by atoms with van der Waals surface area (Å²) in [6, 6.07) is 6.13. The first-order valence-corrected chi connectivity index (χ1v) is 8.53. The van der Waals surface area contributed by atoms with Crippen molar-refractivity contribution in [1.29, 1.82) is 0 Å². The van der Waals surface area contributed by atoms with Gasteiger partial charge in [0.05, 0.1) is 11.2 Å². The van der Waals surface area contributed by atoms with Crippen molar-refractivity contribution >= 4 is 40.2 Å². The van der Waals surface area contributed by atoms with Gasteiger partial charge in [0.15, 0.2) is 0 Å². The first kappa shape index (κ1) is 16.4. The van der Waals surface area contributed by atoms with Gasteiger partial charge in [-0.05, 0) is 30.7 Å². The van der Waals surface area contributed by atoms with E-state index in [1.807, 2.05) is 6.07 Å². The quantitative estimate of drug-likeness (QED) is 0.484. The number of aromatic amines is 1. The van der Waals surface area contributed by atoms with E-state index in [1.165, 1.54) is 11.0 Å². The number of nitrogens with one attached hydrogen (secondary N) is 2. The van der Waals surface area contributed by atoms with Crippen molar-refractivity contribution in [3.8, 4) is 0 Å². The number of halogens is 1. The summed E-state index contributed by atoms with van der Waals surface area (Å²) < 4.78 is 9.99. The number of benzene rings is 1. The fraction of sp³-hybridized carbons (Fsp3) is 0.250. The standard InChI is InChI=1S/C12H12BrN3.H3O4P/c13-9-2-1-3-10-11(9)12(16-15-10)8-4-6-14-7-5-8;1-5(2,3)4/h1-4,14H,5-7H2,(H,15,16);(H3,1,2,3,4). The number of aromatic nitrogens is 2. The van der Waals surface area contributed by atoms with E-state index in [0.717, 1.165) is 35.2 Å². The molecule has 0 spiro atoms. The molecule has 7 nitrogen and oxygen atoms in total. The third-order valence-electron chi connectivity index (χ3n) is 2.91. The Morgan fingerprint density at radius 2 is 2.00 bits per heavy atom. The predicted octanol–water partition coefficient (Wildman–Crippen LogP) is 1.77. The molecule has 114 valence electrons. The highest BCUT2D eigenvalue weighted by Gasteiger charge is 2.14. The van der Waals surface area contributed by atoms with Gasteiger partial charge in [0.25, 0.3) is 0 Å². The summed E-state index contributed by atoms with van der Waals surface area (Å²) in [5, 5.41) is 12.0. The highest BCUT2D eigenvalue weighted by molar-refractivity contribution is 9.10. The van der Waals surface area contributed by atoms with Crippen LogP contribution in [0.25, 0.3) is 16.5 Å². The molecule has 21 heavy (non-hydrogen) atoms. The van der Waals surface area contributed by atoms with Crippen LogP contribution in [0, 0.1) is 0 Å². The minimum atomic E-state index is -4.64. The fourth-order valence-electron chi connectivity index (χ4n) is 2.10. The fourth-order valence-corrected chi connectivity index (χ4v) is 2.65. The lowest BCUT2D eigenvalue weighted by atomic mass is 10.0.